The number of likely N-dealkylation sites (N-methyl/N-ethyl adjacent to an activating group) is 1. The molecule has 0 bridgehead atoms. The Morgan fingerprint density at radius 3 is 2.52 bits per heavy atom. The molecule has 1 unspecified atom stereocenters. The molecule has 3 aliphatic rings. The van der Waals surface area contributed by atoms with Gasteiger partial charge in [0, 0.05) is 38.4 Å². The Hall–Kier alpha value is -2.21. The number of anilines is 1. The highest BCUT2D eigenvalue weighted by Crippen LogP contribution is 2.38. The van der Waals surface area contributed by atoms with Crippen molar-refractivity contribution in [1.82, 2.24) is 9.80 Å². The highest BCUT2D eigenvalue weighted by atomic mass is 19.1. The van der Waals surface area contributed by atoms with E-state index < -0.39 is 0 Å². The molecule has 0 radical (unpaired) electrons. The van der Waals surface area contributed by atoms with Gasteiger partial charge in [-0.05, 0) is 45.0 Å². The Balaban J connectivity index is 1.83. The van der Waals surface area contributed by atoms with Crippen LogP contribution in [0.3, 0.4) is 0 Å². The zero-order valence-electron chi connectivity index (χ0n) is 15.3. The molecule has 3 aliphatic heterocycles. The van der Waals surface area contributed by atoms with Gasteiger partial charge < -0.3 is 9.80 Å². The van der Waals surface area contributed by atoms with Crippen molar-refractivity contribution in [3.05, 3.63) is 35.3 Å². The smallest absolute Gasteiger partial charge is 0.176 e. The number of hydrogen-bond donors (Lipinski definition) is 0. The summed E-state index contributed by atoms with van der Waals surface area (Å²) >= 11 is 0. The number of fused-ring (bicyclic) bond motifs is 3. The fraction of sp³-hybridized carbons (Fsp3) is 0.474. The van der Waals surface area contributed by atoms with Crippen molar-refractivity contribution in [3.8, 4) is 0 Å². The summed E-state index contributed by atoms with van der Waals surface area (Å²) < 4.78 is 14.2. The first-order valence-corrected chi connectivity index (χ1v) is 8.82. The van der Waals surface area contributed by atoms with Crippen LogP contribution in [0.1, 0.15) is 19.4 Å². The van der Waals surface area contributed by atoms with Gasteiger partial charge in [-0.3, -0.25) is 9.89 Å². The standard InChI is InChI=1S/C19H24FN5/c1-12-9-16-17(10-15(12)20)25-11-13(2)14(3)21-19(25)18(22-16)24-7-5-23(4)6-8-24/h9-11,14H,5-8H2,1-4H3. The van der Waals surface area contributed by atoms with E-state index in [1.165, 1.54) is 0 Å². The SMILES string of the molecule is CC1=CN2C(=NC1C)C(N1CCN(C)CC1)=Nc1cc(C)c(F)cc12. The summed E-state index contributed by atoms with van der Waals surface area (Å²) in [4.78, 5) is 16.4. The normalized spacial score (nSPS) is 23.6. The van der Waals surface area contributed by atoms with E-state index in [0.29, 0.717) is 5.56 Å². The molecule has 0 spiro atoms. The van der Waals surface area contributed by atoms with Crippen molar-refractivity contribution in [2.75, 3.05) is 38.1 Å². The van der Waals surface area contributed by atoms with Crippen molar-refractivity contribution in [3.63, 3.8) is 0 Å². The van der Waals surface area contributed by atoms with Gasteiger partial charge in [0.1, 0.15) is 5.82 Å². The van der Waals surface area contributed by atoms with Gasteiger partial charge in [0.15, 0.2) is 11.7 Å². The third-order valence-corrected chi connectivity index (χ3v) is 5.28. The van der Waals surface area contributed by atoms with E-state index >= 15 is 0 Å². The second-order valence-electron chi connectivity index (χ2n) is 7.19. The van der Waals surface area contributed by atoms with Crippen molar-refractivity contribution in [1.29, 1.82) is 0 Å². The first kappa shape index (κ1) is 16.3. The number of rotatable bonds is 0. The molecule has 25 heavy (non-hydrogen) atoms. The van der Waals surface area contributed by atoms with Gasteiger partial charge in [0.05, 0.1) is 17.4 Å². The number of hydrogen-bond acceptors (Lipinski definition) is 5. The van der Waals surface area contributed by atoms with Crippen LogP contribution in [0, 0.1) is 12.7 Å². The fourth-order valence-electron chi connectivity index (χ4n) is 3.40. The molecule has 1 atom stereocenters. The molecule has 5 nitrogen and oxygen atoms in total. The van der Waals surface area contributed by atoms with Gasteiger partial charge in [-0.1, -0.05) is 0 Å². The first-order chi connectivity index (χ1) is 11.9. The highest BCUT2D eigenvalue weighted by Gasteiger charge is 2.33. The van der Waals surface area contributed by atoms with Crippen LogP contribution in [-0.4, -0.2) is 60.7 Å². The zero-order valence-corrected chi connectivity index (χ0v) is 15.3. The molecular weight excluding hydrogens is 317 g/mol. The van der Waals surface area contributed by atoms with Crippen molar-refractivity contribution in [2.45, 2.75) is 26.8 Å². The molecule has 0 amide bonds. The van der Waals surface area contributed by atoms with Crippen LogP contribution in [-0.2, 0) is 0 Å². The lowest BCUT2D eigenvalue weighted by Crippen LogP contribution is -2.53. The number of halogens is 1. The second kappa shape index (κ2) is 5.95. The zero-order chi connectivity index (χ0) is 17.7. The molecular formula is C19H24FN5. The topological polar surface area (TPSA) is 34.4 Å². The molecule has 1 aromatic rings. The number of aryl methyl sites for hydroxylation is 1. The lowest BCUT2D eigenvalue weighted by Gasteiger charge is -2.40. The van der Waals surface area contributed by atoms with E-state index in [1.807, 2.05) is 11.0 Å². The van der Waals surface area contributed by atoms with Crippen molar-refractivity contribution >= 4 is 23.0 Å². The van der Waals surface area contributed by atoms with Crippen LogP contribution in [0.4, 0.5) is 15.8 Å². The Labute approximate surface area is 148 Å². The third-order valence-electron chi connectivity index (χ3n) is 5.28. The summed E-state index contributed by atoms with van der Waals surface area (Å²) in [6.45, 7) is 9.80. The van der Waals surface area contributed by atoms with Gasteiger partial charge in [0.25, 0.3) is 0 Å². The molecule has 1 saturated heterocycles. The molecule has 0 N–H and O–H groups in total. The van der Waals surface area contributed by atoms with Crippen molar-refractivity contribution < 1.29 is 4.39 Å². The monoisotopic (exact) mass is 341 g/mol. The Morgan fingerprint density at radius 2 is 1.80 bits per heavy atom. The summed E-state index contributed by atoms with van der Waals surface area (Å²) in [5.74, 6) is 1.53. The minimum absolute atomic E-state index is 0.112. The van der Waals surface area contributed by atoms with Gasteiger partial charge in [-0.25, -0.2) is 9.38 Å². The predicted molar refractivity (Wildman–Crippen MR) is 100 cm³/mol. The maximum absolute atomic E-state index is 14.2. The molecule has 6 heteroatoms. The number of aliphatic imine (C=N–C) groups is 2. The average Bonchev–Trinajstić information content (AvgIpc) is 2.58. The van der Waals surface area contributed by atoms with Gasteiger partial charge >= 0.3 is 0 Å². The summed E-state index contributed by atoms with van der Waals surface area (Å²) in [6, 6.07) is 3.52. The predicted octanol–water partition coefficient (Wildman–Crippen LogP) is 2.94. The minimum atomic E-state index is -0.207. The molecule has 1 aromatic carbocycles. The van der Waals surface area contributed by atoms with E-state index in [-0.39, 0.29) is 11.9 Å². The maximum Gasteiger partial charge on any atom is 0.176 e. The fourth-order valence-corrected chi connectivity index (χ4v) is 3.40. The number of piperazine rings is 1. The van der Waals surface area contributed by atoms with Crippen LogP contribution in [0.5, 0.6) is 0 Å². The van der Waals surface area contributed by atoms with E-state index in [9.17, 15) is 4.39 Å². The molecule has 1 fully saturated rings. The van der Waals surface area contributed by atoms with Gasteiger partial charge in [-0.2, -0.15) is 0 Å². The van der Waals surface area contributed by atoms with Crippen LogP contribution >= 0.6 is 0 Å². The summed E-state index contributed by atoms with van der Waals surface area (Å²) in [6.07, 6.45) is 2.07. The highest BCUT2D eigenvalue weighted by molar-refractivity contribution is 6.48. The van der Waals surface area contributed by atoms with E-state index in [0.717, 1.165) is 54.8 Å². The van der Waals surface area contributed by atoms with Crippen LogP contribution in [0.2, 0.25) is 0 Å². The van der Waals surface area contributed by atoms with Crippen LogP contribution < -0.4 is 4.90 Å². The summed E-state index contributed by atoms with van der Waals surface area (Å²) in [5, 5.41) is 0. The molecule has 132 valence electrons. The lowest BCUT2D eigenvalue weighted by atomic mass is 10.1. The summed E-state index contributed by atoms with van der Waals surface area (Å²) in [5.41, 5.74) is 3.36. The number of benzene rings is 1. The Morgan fingerprint density at radius 1 is 1.08 bits per heavy atom. The maximum atomic E-state index is 14.2. The largest absolute Gasteiger partial charge is 0.351 e. The van der Waals surface area contributed by atoms with E-state index in [1.54, 1.807) is 13.0 Å². The van der Waals surface area contributed by atoms with Crippen LogP contribution in [0.15, 0.2) is 33.9 Å². The average molecular weight is 341 g/mol. The molecule has 0 aliphatic carbocycles. The second-order valence-corrected chi connectivity index (χ2v) is 7.19. The first-order valence-electron chi connectivity index (χ1n) is 8.82. The van der Waals surface area contributed by atoms with Crippen molar-refractivity contribution in [2.24, 2.45) is 9.98 Å². The third kappa shape index (κ3) is 2.74. The molecule has 3 heterocycles. The Kier molecular flexibility index (Phi) is 3.87. The quantitative estimate of drug-likeness (QED) is 0.728. The summed E-state index contributed by atoms with van der Waals surface area (Å²) in [7, 11) is 2.14. The Bertz CT molecular complexity index is 802. The number of nitrogens with zero attached hydrogens (tertiary/aromatic N) is 5. The van der Waals surface area contributed by atoms with Crippen LogP contribution in [0.25, 0.3) is 0 Å². The minimum Gasteiger partial charge on any atom is -0.351 e. The van der Waals surface area contributed by atoms with E-state index in [4.69, 9.17) is 9.98 Å². The molecule has 0 saturated carbocycles. The van der Waals surface area contributed by atoms with E-state index in [2.05, 4.69) is 36.9 Å². The molecule has 4 rings (SSSR count). The number of amidine groups is 2. The van der Waals surface area contributed by atoms with Gasteiger partial charge in [0.2, 0.25) is 0 Å². The molecule has 0 aromatic heterocycles. The van der Waals surface area contributed by atoms with Gasteiger partial charge in [-0.15, -0.1) is 0 Å². The lowest BCUT2D eigenvalue weighted by molar-refractivity contribution is 0.217.